The van der Waals surface area contributed by atoms with Crippen LogP contribution < -0.4 is 10.5 Å². The summed E-state index contributed by atoms with van der Waals surface area (Å²) < 4.78 is 31.0. The van der Waals surface area contributed by atoms with Gasteiger partial charge in [0.25, 0.3) is 0 Å². The first-order valence-corrected chi connectivity index (χ1v) is 5.09. The van der Waals surface area contributed by atoms with Crippen molar-refractivity contribution in [2.45, 2.75) is 24.2 Å². The van der Waals surface area contributed by atoms with Crippen LogP contribution in [0.25, 0.3) is 0 Å². The van der Waals surface area contributed by atoms with Gasteiger partial charge in [0.2, 0.25) is 5.92 Å². The maximum Gasteiger partial charge on any atom is 0.250 e. The summed E-state index contributed by atoms with van der Waals surface area (Å²) in [6, 6.07) is 1.73. The van der Waals surface area contributed by atoms with E-state index in [-0.39, 0.29) is 19.4 Å². The van der Waals surface area contributed by atoms with Crippen molar-refractivity contribution < 1.29 is 13.5 Å². The van der Waals surface area contributed by atoms with E-state index in [4.69, 9.17) is 10.5 Å². The summed E-state index contributed by atoms with van der Waals surface area (Å²) in [4.78, 5) is 3.97. The molecule has 0 unspecified atom stereocenters. The fraction of sp³-hybridized carbons (Fsp3) is 0.545. The van der Waals surface area contributed by atoms with Crippen LogP contribution in [0.1, 0.15) is 18.4 Å². The first-order valence-electron chi connectivity index (χ1n) is 5.09. The Morgan fingerprint density at radius 1 is 1.44 bits per heavy atom. The average molecular weight is 228 g/mol. The molecule has 0 atom stereocenters. The van der Waals surface area contributed by atoms with Crippen molar-refractivity contribution in [3.8, 4) is 5.75 Å². The molecular formula is C11H14F2N2O. The molecule has 0 aliphatic heterocycles. The quantitative estimate of drug-likeness (QED) is 0.856. The Morgan fingerprint density at radius 3 is 2.62 bits per heavy atom. The molecule has 5 heteroatoms. The molecule has 0 amide bonds. The fourth-order valence-corrected chi connectivity index (χ4v) is 2.23. The van der Waals surface area contributed by atoms with Crippen molar-refractivity contribution in [1.82, 2.24) is 4.98 Å². The normalized spacial score (nSPS) is 21.2. The van der Waals surface area contributed by atoms with E-state index in [1.807, 2.05) is 0 Å². The summed E-state index contributed by atoms with van der Waals surface area (Å²) in [5, 5.41) is 0. The third-order valence-corrected chi connectivity index (χ3v) is 3.15. The molecule has 1 saturated carbocycles. The molecule has 0 saturated heterocycles. The summed E-state index contributed by atoms with van der Waals surface area (Å²) in [7, 11) is 1.52. The van der Waals surface area contributed by atoms with Crippen LogP contribution in [0.5, 0.6) is 5.75 Å². The molecule has 88 valence electrons. The predicted octanol–water partition coefficient (Wildman–Crippen LogP) is 1.72. The highest BCUT2D eigenvalue weighted by atomic mass is 19.3. The SMILES string of the molecule is COc1cncc(C2(CN)CC(F)(F)C2)c1. The van der Waals surface area contributed by atoms with E-state index >= 15 is 0 Å². The lowest BCUT2D eigenvalue weighted by molar-refractivity contribution is -0.123. The molecule has 16 heavy (non-hydrogen) atoms. The Balaban J connectivity index is 2.28. The number of ether oxygens (including phenoxy) is 1. The minimum atomic E-state index is -2.59. The summed E-state index contributed by atoms with van der Waals surface area (Å²) in [6.45, 7) is 0.206. The van der Waals surface area contributed by atoms with Gasteiger partial charge in [0.05, 0.1) is 13.3 Å². The van der Waals surface area contributed by atoms with Gasteiger partial charge in [-0.05, 0) is 11.6 Å². The van der Waals surface area contributed by atoms with Crippen molar-refractivity contribution in [3.63, 3.8) is 0 Å². The van der Waals surface area contributed by atoms with E-state index in [1.54, 1.807) is 18.5 Å². The second-order valence-corrected chi connectivity index (χ2v) is 4.31. The lowest BCUT2D eigenvalue weighted by Crippen LogP contribution is -2.53. The zero-order chi connectivity index (χ0) is 11.8. The smallest absolute Gasteiger partial charge is 0.250 e. The molecule has 0 aromatic carbocycles. The van der Waals surface area contributed by atoms with E-state index in [0.717, 1.165) is 5.56 Å². The van der Waals surface area contributed by atoms with Gasteiger partial charge in [-0.1, -0.05) is 0 Å². The Hall–Kier alpha value is -1.23. The zero-order valence-electron chi connectivity index (χ0n) is 9.04. The number of alkyl halides is 2. The van der Waals surface area contributed by atoms with Gasteiger partial charge in [0.1, 0.15) is 5.75 Å². The van der Waals surface area contributed by atoms with Crippen LogP contribution >= 0.6 is 0 Å². The molecule has 1 fully saturated rings. The van der Waals surface area contributed by atoms with E-state index in [0.29, 0.717) is 5.75 Å². The topological polar surface area (TPSA) is 48.1 Å². The number of hydrogen-bond donors (Lipinski definition) is 1. The monoisotopic (exact) mass is 228 g/mol. The van der Waals surface area contributed by atoms with E-state index < -0.39 is 11.3 Å². The Kier molecular flexibility index (Phi) is 2.58. The van der Waals surface area contributed by atoms with Crippen LogP contribution in [0.2, 0.25) is 0 Å². The van der Waals surface area contributed by atoms with Gasteiger partial charge in [0.15, 0.2) is 0 Å². The molecule has 1 aromatic heterocycles. The number of nitrogens with zero attached hydrogens (tertiary/aromatic N) is 1. The number of nitrogens with two attached hydrogens (primary N) is 1. The Morgan fingerprint density at radius 2 is 2.12 bits per heavy atom. The Labute approximate surface area is 92.6 Å². The molecular weight excluding hydrogens is 214 g/mol. The molecule has 0 bridgehead atoms. The van der Waals surface area contributed by atoms with Gasteiger partial charge >= 0.3 is 0 Å². The molecule has 1 aliphatic carbocycles. The number of rotatable bonds is 3. The summed E-state index contributed by atoms with van der Waals surface area (Å²) >= 11 is 0. The average Bonchev–Trinajstić information content (AvgIpc) is 2.25. The van der Waals surface area contributed by atoms with E-state index in [9.17, 15) is 8.78 Å². The van der Waals surface area contributed by atoms with E-state index in [1.165, 1.54) is 7.11 Å². The second kappa shape index (κ2) is 3.66. The standard InChI is InChI=1S/C11H14F2N2O/c1-16-9-2-8(3-15-4-9)10(7-14)5-11(12,13)6-10/h2-4H,5-7,14H2,1H3. The van der Waals surface area contributed by atoms with Crippen LogP contribution in [0, 0.1) is 0 Å². The van der Waals surface area contributed by atoms with Gasteiger partial charge in [-0.25, -0.2) is 8.78 Å². The number of halogens is 2. The predicted molar refractivity (Wildman–Crippen MR) is 55.7 cm³/mol. The summed E-state index contributed by atoms with van der Waals surface area (Å²) in [5.41, 5.74) is 5.71. The van der Waals surface area contributed by atoms with Crippen molar-refractivity contribution in [2.75, 3.05) is 13.7 Å². The third kappa shape index (κ3) is 1.75. The van der Waals surface area contributed by atoms with E-state index in [2.05, 4.69) is 4.98 Å². The lowest BCUT2D eigenvalue weighted by atomic mass is 9.62. The fourth-order valence-electron chi connectivity index (χ4n) is 2.23. The number of aromatic nitrogens is 1. The minimum absolute atomic E-state index is 0.203. The maximum absolute atomic E-state index is 13.0. The number of methoxy groups -OCH3 is 1. The number of hydrogen-bond acceptors (Lipinski definition) is 3. The molecule has 1 heterocycles. The number of pyridine rings is 1. The van der Waals surface area contributed by atoms with Gasteiger partial charge in [-0.3, -0.25) is 4.98 Å². The Bertz CT molecular complexity index is 387. The highest BCUT2D eigenvalue weighted by Gasteiger charge is 2.56. The van der Waals surface area contributed by atoms with Crippen LogP contribution in [-0.2, 0) is 5.41 Å². The molecule has 2 rings (SSSR count). The van der Waals surface area contributed by atoms with Gasteiger partial charge in [-0.2, -0.15) is 0 Å². The molecule has 0 radical (unpaired) electrons. The lowest BCUT2D eigenvalue weighted by Gasteiger charge is -2.47. The molecule has 0 spiro atoms. The van der Waals surface area contributed by atoms with Crippen LogP contribution in [0.3, 0.4) is 0 Å². The largest absolute Gasteiger partial charge is 0.495 e. The third-order valence-electron chi connectivity index (χ3n) is 3.15. The van der Waals surface area contributed by atoms with Crippen LogP contribution in [-0.4, -0.2) is 24.6 Å². The second-order valence-electron chi connectivity index (χ2n) is 4.31. The maximum atomic E-state index is 13.0. The zero-order valence-corrected chi connectivity index (χ0v) is 9.04. The molecule has 3 nitrogen and oxygen atoms in total. The van der Waals surface area contributed by atoms with Crippen molar-refractivity contribution >= 4 is 0 Å². The highest BCUT2D eigenvalue weighted by molar-refractivity contribution is 5.34. The van der Waals surface area contributed by atoms with Crippen LogP contribution in [0.15, 0.2) is 18.5 Å². The van der Waals surface area contributed by atoms with Crippen molar-refractivity contribution in [2.24, 2.45) is 5.73 Å². The minimum Gasteiger partial charge on any atom is -0.495 e. The summed E-state index contributed by atoms with van der Waals surface area (Å²) in [6.07, 6.45) is 2.73. The van der Waals surface area contributed by atoms with Gasteiger partial charge in [-0.15, -0.1) is 0 Å². The molecule has 1 aliphatic rings. The van der Waals surface area contributed by atoms with Crippen molar-refractivity contribution in [1.29, 1.82) is 0 Å². The van der Waals surface area contributed by atoms with Gasteiger partial charge < -0.3 is 10.5 Å². The molecule has 2 N–H and O–H groups in total. The highest BCUT2D eigenvalue weighted by Crippen LogP contribution is 2.52. The van der Waals surface area contributed by atoms with Gasteiger partial charge in [0, 0.05) is 31.0 Å². The molecule has 1 aromatic rings. The first-order chi connectivity index (χ1) is 7.51. The first kappa shape index (κ1) is 11.3. The van der Waals surface area contributed by atoms with Crippen molar-refractivity contribution in [3.05, 3.63) is 24.0 Å². The van der Waals surface area contributed by atoms with Crippen LogP contribution in [0.4, 0.5) is 8.78 Å². The summed E-state index contributed by atoms with van der Waals surface area (Å²) in [5.74, 6) is -2.02.